The van der Waals surface area contributed by atoms with E-state index in [1.54, 1.807) is 0 Å². The van der Waals surface area contributed by atoms with E-state index in [0.717, 1.165) is 12.1 Å². The van der Waals surface area contributed by atoms with E-state index in [9.17, 15) is 49.5 Å². The molecular formula is C29H16ClF8N5O4. The molecule has 4 rings (SSSR count). The zero-order valence-corrected chi connectivity index (χ0v) is 23.7. The summed E-state index contributed by atoms with van der Waals surface area (Å²) in [6.45, 7) is 0. The molecule has 9 nitrogen and oxygen atoms in total. The van der Waals surface area contributed by atoms with Gasteiger partial charge in [0.2, 0.25) is 5.82 Å². The van der Waals surface area contributed by atoms with E-state index in [1.807, 2.05) is 10.9 Å². The number of anilines is 2. The first-order valence-corrected chi connectivity index (χ1v) is 13.0. The number of hydrogen-bond acceptors (Lipinski definition) is 5. The van der Waals surface area contributed by atoms with E-state index in [0.29, 0.717) is 18.2 Å². The first kappa shape index (κ1) is 34.2. The van der Waals surface area contributed by atoms with Crippen molar-refractivity contribution < 1.29 is 54.2 Å². The van der Waals surface area contributed by atoms with Crippen LogP contribution in [0.3, 0.4) is 0 Å². The van der Waals surface area contributed by atoms with Crippen molar-refractivity contribution in [1.82, 2.24) is 15.8 Å². The maximum atomic E-state index is 13.7. The fraction of sp³-hybridized carbons (Fsp3) is 0.0345. The van der Waals surface area contributed by atoms with Crippen molar-refractivity contribution >= 4 is 46.9 Å². The van der Waals surface area contributed by atoms with Crippen LogP contribution >= 0.6 is 11.6 Å². The van der Waals surface area contributed by atoms with Crippen molar-refractivity contribution in [2.45, 2.75) is 6.18 Å². The summed E-state index contributed by atoms with van der Waals surface area (Å²) in [4.78, 5) is 40.4. The van der Waals surface area contributed by atoms with Crippen LogP contribution in [0.5, 0.6) is 11.5 Å². The summed E-state index contributed by atoms with van der Waals surface area (Å²) in [5.41, 5.74) is 1.08. The third-order valence-corrected chi connectivity index (χ3v) is 6.12. The number of ether oxygens (including phenoxy) is 1. The van der Waals surface area contributed by atoms with Gasteiger partial charge >= 0.3 is 12.2 Å². The van der Waals surface area contributed by atoms with E-state index in [-0.39, 0.29) is 28.6 Å². The third-order valence-electron chi connectivity index (χ3n) is 5.79. The highest BCUT2D eigenvalue weighted by Crippen LogP contribution is 2.36. The standard InChI is InChI=1S/C29H16ClF8N5O4/c30-19-7-3-14(11-18(19)29(36,37)38)41-28(46)40-13-1-4-15(5-2-13)47-16-9-10-39-20(12-16)27(45)43-42-21(44)8-6-17-22(31)24(33)26(35)25(34)23(17)32/h1-12H,(H,42,44)(H,43,45)(H2,40,41,46). The largest absolute Gasteiger partial charge is 0.457 e. The van der Waals surface area contributed by atoms with Gasteiger partial charge in [-0.1, -0.05) is 11.6 Å². The van der Waals surface area contributed by atoms with Crippen molar-refractivity contribution in [2.24, 2.45) is 0 Å². The van der Waals surface area contributed by atoms with Crippen LogP contribution < -0.4 is 26.2 Å². The molecule has 0 aliphatic heterocycles. The molecule has 1 heterocycles. The number of urea groups is 1. The molecule has 0 spiro atoms. The number of alkyl halides is 3. The summed E-state index contributed by atoms with van der Waals surface area (Å²) in [7, 11) is 0. The van der Waals surface area contributed by atoms with Gasteiger partial charge in [-0.3, -0.25) is 25.4 Å². The summed E-state index contributed by atoms with van der Waals surface area (Å²) in [6.07, 6.45) is -2.81. The Morgan fingerprint density at radius 3 is 1.98 bits per heavy atom. The summed E-state index contributed by atoms with van der Waals surface area (Å²) in [5.74, 6) is -13.0. The number of aromatic nitrogens is 1. The lowest BCUT2D eigenvalue weighted by atomic mass is 10.1. The fourth-order valence-corrected chi connectivity index (χ4v) is 3.83. The Morgan fingerprint density at radius 2 is 1.34 bits per heavy atom. The molecule has 0 atom stereocenters. The van der Waals surface area contributed by atoms with Gasteiger partial charge in [0.1, 0.15) is 17.2 Å². The Hall–Kier alpha value is -5.71. The maximum absolute atomic E-state index is 13.7. The van der Waals surface area contributed by atoms with Gasteiger partial charge < -0.3 is 15.4 Å². The second-order valence-electron chi connectivity index (χ2n) is 9.04. The molecule has 1 aromatic heterocycles. The second-order valence-corrected chi connectivity index (χ2v) is 9.44. The molecule has 0 aliphatic carbocycles. The molecule has 0 aliphatic rings. The molecule has 0 saturated carbocycles. The fourth-order valence-electron chi connectivity index (χ4n) is 3.61. The highest BCUT2D eigenvalue weighted by atomic mass is 35.5. The first-order chi connectivity index (χ1) is 22.1. The molecule has 244 valence electrons. The smallest absolute Gasteiger partial charge is 0.417 e. The Balaban J connectivity index is 1.31. The zero-order chi connectivity index (χ0) is 34.5. The minimum absolute atomic E-state index is 0.0874. The number of pyridine rings is 1. The number of rotatable bonds is 7. The maximum Gasteiger partial charge on any atom is 0.417 e. The molecule has 0 fully saturated rings. The van der Waals surface area contributed by atoms with Crippen molar-refractivity contribution in [2.75, 3.05) is 10.6 Å². The van der Waals surface area contributed by atoms with Gasteiger partial charge in [-0.15, -0.1) is 0 Å². The Bertz CT molecular complexity index is 1860. The van der Waals surface area contributed by atoms with Crippen LogP contribution in [0.2, 0.25) is 5.02 Å². The summed E-state index contributed by atoms with van der Waals surface area (Å²) in [5, 5.41) is 4.15. The van der Waals surface area contributed by atoms with Crippen LogP contribution in [0.4, 0.5) is 51.3 Å². The van der Waals surface area contributed by atoms with Gasteiger partial charge in [0.15, 0.2) is 23.3 Å². The van der Waals surface area contributed by atoms with Crippen LogP contribution in [0, 0.1) is 29.1 Å². The second kappa shape index (κ2) is 14.2. The number of hydrazine groups is 1. The van der Waals surface area contributed by atoms with E-state index >= 15 is 0 Å². The molecular weight excluding hydrogens is 670 g/mol. The first-order valence-electron chi connectivity index (χ1n) is 12.6. The molecule has 0 radical (unpaired) electrons. The molecule has 47 heavy (non-hydrogen) atoms. The molecule has 18 heteroatoms. The van der Waals surface area contributed by atoms with Crippen LogP contribution in [0.15, 0.2) is 66.9 Å². The molecule has 4 N–H and O–H groups in total. The molecule has 3 aromatic carbocycles. The van der Waals surface area contributed by atoms with Crippen molar-refractivity contribution in [3.8, 4) is 11.5 Å². The number of amides is 4. The van der Waals surface area contributed by atoms with Crippen molar-refractivity contribution in [1.29, 1.82) is 0 Å². The van der Waals surface area contributed by atoms with Gasteiger partial charge in [-0.2, -0.15) is 13.2 Å². The van der Waals surface area contributed by atoms with E-state index in [1.165, 1.54) is 42.6 Å². The summed E-state index contributed by atoms with van der Waals surface area (Å²) in [6, 6.07) is 10.2. The number of nitrogens with zero attached hydrogens (tertiary/aromatic N) is 1. The molecule has 0 saturated heterocycles. The minimum Gasteiger partial charge on any atom is -0.457 e. The molecule has 0 unspecified atom stereocenters. The summed E-state index contributed by atoms with van der Waals surface area (Å²) < 4.78 is 112. The Morgan fingerprint density at radius 1 is 0.745 bits per heavy atom. The Kier molecular flexibility index (Phi) is 10.3. The molecule has 4 amide bonds. The Labute approximate surface area is 263 Å². The lowest BCUT2D eigenvalue weighted by Gasteiger charge is -2.12. The number of nitrogens with one attached hydrogen (secondary N) is 4. The van der Waals surface area contributed by atoms with E-state index in [2.05, 4.69) is 15.6 Å². The zero-order valence-electron chi connectivity index (χ0n) is 22.9. The number of halogens is 9. The number of carbonyl (C=O) groups excluding carboxylic acids is 3. The van der Waals surface area contributed by atoms with Crippen LogP contribution in [0.25, 0.3) is 6.08 Å². The van der Waals surface area contributed by atoms with Gasteiger partial charge in [0.25, 0.3) is 11.8 Å². The highest BCUT2D eigenvalue weighted by Gasteiger charge is 2.33. The minimum atomic E-state index is -4.72. The van der Waals surface area contributed by atoms with Gasteiger partial charge in [0.05, 0.1) is 16.1 Å². The normalized spacial score (nSPS) is 11.3. The average Bonchev–Trinajstić information content (AvgIpc) is 3.03. The predicted molar refractivity (Wildman–Crippen MR) is 151 cm³/mol. The average molecular weight is 686 g/mol. The lowest BCUT2D eigenvalue weighted by Crippen LogP contribution is -2.41. The molecule has 0 bridgehead atoms. The van der Waals surface area contributed by atoms with E-state index < -0.39 is 69.3 Å². The lowest BCUT2D eigenvalue weighted by molar-refractivity contribution is -0.137. The third kappa shape index (κ3) is 8.51. The van der Waals surface area contributed by atoms with Gasteiger partial charge in [-0.05, 0) is 54.6 Å². The number of benzene rings is 3. The van der Waals surface area contributed by atoms with Gasteiger partial charge in [0, 0.05) is 29.7 Å². The van der Waals surface area contributed by atoms with Crippen LogP contribution in [-0.2, 0) is 11.0 Å². The van der Waals surface area contributed by atoms with E-state index in [4.69, 9.17) is 16.3 Å². The van der Waals surface area contributed by atoms with Crippen molar-refractivity contribution in [3.63, 3.8) is 0 Å². The van der Waals surface area contributed by atoms with Crippen LogP contribution in [0.1, 0.15) is 21.6 Å². The monoisotopic (exact) mass is 685 g/mol. The highest BCUT2D eigenvalue weighted by molar-refractivity contribution is 6.31. The number of carbonyl (C=O) groups is 3. The quantitative estimate of drug-likeness (QED) is 0.0533. The molecule has 4 aromatic rings. The van der Waals surface area contributed by atoms with Crippen LogP contribution in [-0.4, -0.2) is 22.8 Å². The number of hydrogen-bond donors (Lipinski definition) is 4. The SMILES string of the molecule is O=C(C=Cc1c(F)c(F)c(F)c(F)c1F)NNC(=O)c1cc(Oc2ccc(NC(=O)Nc3ccc(Cl)c(C(F)(F)F)c3)cc2)ccn1. The topological polar surface area (TPSA) is 121 Å². The summed E-state index contributed by atoms with van der Waals surface area (Å²) >= 11 is 5.57. The van der Waals surface area contributed by atoms with Crippen molar-refractivity contribution in [3.05, 3.63) is 118 Å². The predicted octanol–water partition coefficient (Wildman–Crippen LogP) is 7.36. The van der Waals surface area contributed by atoms with Gasteiger partial charge in [-0.25, -0.2) is 26.7 Å².